The molecule has 3 aromatic rings. The van der Waals surface area contributed by atoms with E-state index < -0.39 is 0 Å². The number of aryl methyl sites for hydroxylation is 1. The fraction of sp³-hybridized carbons (Fsp3) is 0.417. The van der Waals surface area contributed by atoms with Crippen LogP contribution in [0.15, 0.2) is 48.8 Å². The van der Waals surface area contributed by atoms with E-state index in [-0.39, 0.29) is 12.0 Å². The van der Waals surface area contributed by atoms with Gasteiger partial charge in [-0.2, -0.15) is 0 Å². The van der Waals surface area contributed by atoms with E-state index in [1.807, 2.05) is 48.0 Å². The van der Waals surface area contributed by atoms with Crippen LogP contribution >= 0.6 is 0 Å². The number of carbonyl (C=O) groups excluding carboxylic acids is 1. The lowest BCUT2D eigenvalue weighted by molar-refractivity contribution is 0.0166. The van der Waals surface area contributed by atoms with Gasteiger partial charge in [0.1, 0.15) is 18.0 Å². The Morgan fingerprint density at radius 1 is 1.29 bits per heavy atom. The van der Waals surface area contributed by atoms with Gasteiger partial charge in [0.05, 0.1) is 18.4 Å². The molecule has 3 heterocycles. The van der Waals surface area contributed by atoms with Crippen LogP contribution in [-0.4, -0.2) is 47.8 Å². The molecule has 4 rings (SSSR count). The van der Waals surface area contributed by atoms with Crippen LogP contribution in [-0.2, 0) is 16.1 Å². The van der Waals surface area contributed by atoms with Crippen molar-refractivity contribution in [1.29, 1.82) is 0 Å². The second-order valence-corrected chi connectivity index (χ2v) is 7.84. The molecular formula is C24H29N3O4. The highest BCUT2D eigenvalue weighted by Gasteiger charge is 2.15. The van der Waals surface area contributed by atoms with E-state index in [0.29, 0.717) is 37.7 Å². The summed E-state index contributed by atoms with van der Waals surface area (Å²) in [4.78, 5) is 17.0. The van der Waals surface area contributed by atoms with E-state index in [9.17, 15) is 4.79 Å². The van der Waals surface area contributed by atoms with Crippen LogP contribution in [0, 0.1) is 6.92 Å². The minimum Gasteiger partial charge on any atom is -0.487 e. The number of hydrogen-bond donors (Lipinski definition) is 1. The number of pyridine rings is 1. The largest absolute Gasteiger partial charge is 0.487 e. The summed E-state index contributed by atoms with van der Waals surface area (Å²) in [6.45, 7) is 5.04. The quantitative estimate of drug-likeness (QED) is 0.505. The average molecular weight is 424 g/mol. The van der Waals surface area contributed by atoms with Crippen LogP contribution in [0.5, 0.6) is 5.75 Å². The standard InChI is InChI=1S/C24H29N3O4/c1-18-8-9-23-26-20(15-27(23)14-18)16-31-21-6-2-5-19(13-21)24(28)25-10-4-11-29-17-22-7-3-12-30-22/h2,5-6,8-9,13-15,22H,3-4,7,10-12,16-17H2,1H3,(H,25,28). The number of imidazole rings is 1. The number of carbonyl (C=O) groups is 1. The Bertz CT molecular complexity index is 1010. The van der Waals surface area contributed by atoms with Crippen LogP contribution in [0.1, 0.15) is 40.9 Å². The van der Waals surface area contributed by atoms with Gasteiger partial charge in [-0.25, -0.2) is 4.98 Å². The maximum absolute atomic E-state index is 12.4. The molecule has 164 valence electrons. The summed E-state index contributed by atoms with van der Waals surface area (Å²) in [6, 6.07) is 11.2. The number of aromatic nitrogens is 2. The monoisotopic (exact) mass is 423 g/mol. The topological polar surface area (TPSA) is 74.1 Å². The van der Waals surface area contributed by atoms with E-state index in [1.165, 1.54) is 5.56 Å². The Labute approximate surface area is 182 Å². The first-order chi connectivity index (χ1) is 15.2. The first kappa shape index (κ1) is 21.3. The number of nitrogens with one attached hydrogen (secondary N) is 1. The molecule has 1 saturated heterocycles. The highest BCUT2D eigenvalue weighted by molar-refractivity contribution is 5.94. The predicted octanol–water partition coefficient (Wildman–Crippen LogP) is 3.54. The SMILES string of the molecule is Cc1ccc2nc(COc3cccc(C(=O)NCCCOCC4CCCO4)c3)cn2c1. The van der Waals surface area contributed by atoms with Crippen LogP contribution in [0.4, 0.5) is 0 Å². The number of hydrogen-bond acceptors (Lipinski definition) is 5. The van der Waals surface area contributed by atoms with Gasteiger partial charge in [-0.1, -0.05) is 12.1 Å². The summed E-state index contributed by atoms with van der Waals surface area (Å²) >= 11 is 0. The van der Waals surface area contributed by atoms with Crippen LogP contribution in [0.3, 0.4) is 0 Å². The maximum Gasteiger partial charge on any atom is 0.251 e. The number of fused-ring (bicyclic) bond motifs is 1. The first-order valence-corrected chi connectivity index (χ1v) is 10.8. The molecule has 0 spiro atoms. The zero-order valence-electron chi connectivity index (χ0n) is 17.9. The number of rotatable bonds is 10. The average Bonchev–Trinajstić information content (AvgIpc) is 3.44. The molecule has 1 unspecified atom stereocenters. The molecule has 0 bridgehead atoms. The molecule has 1 aromatic carbocycles. The van der Waals surface area contributed by atoms with E-state index in [4.69, 9.17) is 14.2 Å². The maximum atomic E-state index is 12.4. The van der Waals surface area contributed by atoms with Gasteiger partial charge in [-0.3, -0.25) is 4.79 Å². The Kier molecular flexibility index (Phi) is 7.17. The third-order valence-corrected chi connectivity index (χ3v) is 5.21. The van der Waals surface area contributed by atoms with E-state index >= 15 is 0 Å². The number of nitrogens with zero attached hydrogens (tertiary/aromatic N) is 2. The van der Waals surface area contributed by atoms with Gasteiger partial charge in [-0.15, -0.1) is 0 Å². The summed E-state index contributed by atoms with van der Waals surface area (Å²) < 4.78 is 19.0. The molecule has 1 fully saturated rings. The summed E-state index contributed by atoms with van der Waals surface area (Å²) in [7, 11) is 0. The van der Waals surface area contributed by atoms with Gasteiger partial charge in [0, 0.05) is 37.7 Å². The van der Waals surface area contributed by atoms with Gasteiger partial charge in [-0.05, 0) is 56.0 Å². The third-order valence-electron chi connectivity index (χ3n) is 5.21. The highest BCUT2D eigenvalue weighted by Crippen LogP contribution is 2.16. The fourth-order valence-electron chi connectivity index (χ4n) is 3.58. The summed E-state index contributed by atoms with van der Waals surface area (Å²) in [5, 5.41) is 2.93. The predicted molar refractivity (Wildman–Crippen MR) is 117 cm³/mol. The Hall–Kier alpha value is -2.90. The summed E-state index contributed by atoms with van der Waals surface area (Å²) in [5.41, 5.74) is 3.47. The lowest BCUT2D eigenvalue weighted by atomic mass is 10.2. The van der Waals surface area contributed by atoms with Crippen molar-refractivity contribution >= 4 is 11.6 Å². The smallest absolute Gasteiger partial charge is 0.251 e. The normalized spacial score (nSPS) is 16.0. The second-order valence-electron chi connectivity index (χ2n) is 7.84. The minimum atomic E-state index is -0.118. The van der Waals surface area contributed by atoms with Crippen LogP contribution in [0.25, 0.3) is 5.65 Å². The molecule has 7 nitrogen and oxygen atoms in total. The molecule has 1 N–H and O–H groups in total. The zero-order chi connectivity index (χ0) is 21.5. The molecule has 7 heteroatoms. The molecule has 0 saturated carbocycles. The molecule has 2 aromatic heterocycles. The van der Waals surface area contributed by atoms with Crippen molar-refractivity contribution in [2.24, 2.45) is 0 Å². The Morgan fingerprint density at radius 3 is 3.10 bits per heavy atom. The van der Waals surface area contributed by atoms with Crippen molar-refractivity contribution < 1.29 is 19.0 Å². The van der Waals surface area contributed by atoms with Gasteiger partial charge in [0.25, 0.3) is 5.91 Å². The van der Waals surface area contributed by atoms with Crippen molar-refractivity contribution in [2.75, 3.05) is 26.4 Å². The van der Waals surface area contributed by atoms with E-state index in [0.717, 1.165) is 37.2 Å². The van der Waals surface area contributed by atoms with Gasteiger partial charge >= 0.3 is 0 Å². The Balaban J connectivity index is 1.21. The third kappa shape index (κ3) is 6.06. The van der Waals surface area contributed by atoms with E-state index in [1.54, 1.807) is 12.1 Å². The summed E-state index contributed by atoms with van der Waals surface area (Å²) in [6.07, 6.45) is 7.19. The van der Waals surface area contributed by atoms with Crippen molar-refractivity contribution in [3.63, 3.8) is 0 Å². The van der Waals surface area contributed by atoms with E-state index in [2.05, 4.69) is 10.3 Å². The lowest BCUT2D eigenvalue weighted by Gasteiger charge is -2.10. The molecule has 0 radical (unpaired) electrons. The molecule has 1 aliphatic heterocycles. The molecule has 1 atom stereocenters. The number of amides is 1. The lowest BCUT2D eigenvalue weighted by Crippen LogP contribution is -2.25. The van der Waals surface area contributed by atoms with Crippen LogP contribution in [0.2, 0.25) is 0 Å². The summed E-state index contributed by atoms with van der Waals surface area (Å²) in [5.74, 6) is 0.522. The first-order valence-electron chi connectivity index (χ1n) is 10.8. The fourth-order valence-corrected chi connectivity index (χ4v) is 3.58. The van der Waals surface area contributed by atoms with Gasteiger partial charge < -0.3 is 23.9 Å². The molecular weight excluding hydrogens is 394 g/mol. The molecule has 1 amide bonds. The molecule has 31 heavy (non-hydrogen) atoms. The van der Waals surface area contributed by atoms with Crippen molar-refractivity contribution in [3.05, 3.63) is 65.6 Å². The second kappa shape index (κ2) is 10.4. The number of benzene rings is 1. The Morgan fingerprint density at radius 2 is 2.23 bits per heavy atom. The van der Waals surface area contributed by atoms with Crippen molar-refractivity contribution in [2.45, 2.75) is 38.9 Å². The highest BCUT2D eigenvalue weighted by atomic mass is 16.5. The molecule has 1 aliphatic rings. The molecule has 0 aliphatic carbocycles. The van der Waals surface area contributed by atoms with Crippen molar-refractivity contribution in [3.8, 4) is 5.75 Å². The van der Waals surface area contributed by atoms with Gasteiger partial charge in [0.15, 0.2) is 0 Å². The zero-order valence-corrected chi connectivity index (χ0v) is 17.9. The minimum absolute atomic E-state index is 0.118. The van der Waals surface area contributed by atoms with Crippen LogP contribution < -0.4 is 10.1 Å². The number of ether oxygens (including phenoxy) is 3. The van der Waals surface area contributed by atoms with Gasteiger partial charge in [0.2, 0.25) is 0 Å². The van der Waals surface area contributed by atoms with Crippen molar-refractivity contribution in [1.82, 2.24) is 14.7 Å².